The molecular weight excluding hydrogens is 222 g/mol. The molecule has 84 valence electrons. The summed E-state index contributed by atoms with van der Waals surface area (Å²) in [4.78, 5) is 12.9. The van der Waals surface area contributed by atoms with Crippen LogP contribution in [0.5, 0.6) is 0 Å². The van der Waals surface area contributed by atoms with Gasteiger partial charge in [0.15, 0.2) is 0 Å². The first kappa shape index (κ1) is 10.9. The van der Waals surface area contributed by atoms with E-state index >= 15 is 0 Å². The molecule has 0 aliphatic heterocycles. The van der Waals surface area contributed by atoms with Crippen LogP contribution in [0.15, 0.2) is 34.6 Å². The molecule has 0 bridgehead atoms. The minimum atomic E-state index is -0.0663. The van der Waals surface area contributed by atoms with E-state index in [4.69, 9.17) is 0 Å². The van der Waals surface area contributed by atoms with Crippen LogP contribution >= 0.6 is 11.3 Å². The Kier molecular flexibility index (Phi) is 3.36. The summed E-state index contributed by atoms with van der Waals surface area (Å²) in [6.45, 7) is 0.628. The summed E-state index contributed by atoms with van der Waals surface area (Å²) in [6.07, 6.45) is 2.51. The normalized spacial score (nSPS) is 10.3. The molecule has 0 spiro atoms. The third kappa shape index (κ3) is 2.49. The molecule has 2 aromatic rings. The smallest absolute Gasteiger partial charge is 0.268 e. The summed E-state index contributed by atoms with van der Waals surface area (Å²) in [5.41, 5.74) is 0.681. The van der Waals surface area contributed by atoms with E-state index in [0.29, 0.717) is 6.54 Å². The van der Waals surface area contributed by atoms with Gasteiger partial charge in [-0.3, -0.25) is 4.79 Å². The van der Waals surface area contributed by atoms with Gasteiger partial charge < -0.3 is 5.32 Å². The number of nitrogens with zero attached hydrogens (tertiary/aromatic N) is 2. The summed E-state index contributed by atoms with van der Waals surface area (Å²) in [6, 6.07) is 5.64. The first-order valence-electron chi connectivity index (χ1n) is 5.07. The van der Waals surface area contributed by atoms with Gasteiger partial charge in [0.2, 0.25) is 0 Å². The lowest BCUT2D eigenvalue weighted by Crippen LogP contribution is -2.23. The number of hydrogen-bond donors (Lipinski definition) is 1. The van der Waals surface area contributed by atoms with Crippen molar-refractivity contribution in [3.63, 3.8) is 0 Å². The third-order valence-corrected chi connectivity index (χ3v) is 3.24. The van der Waals surface area contributed by atoms with Crippen molar-refractivity contribution in [2.24, 2.45) is 0 Å². The molecule has 5 heteroatoms. The van der Waals surface area contributed by atoms with Gasteiger partial charge in [-0.05, 0) is 11.4 Å². The second-order valence-corrected chi connectivity index (χ2v) is 4.42. The Labute approximate surface area is 97.6 Å². The zero-order chi connectivity index (χ0) is 11.4. The first-order valence-corrected chi connectivity index (χ1v) is 5.95. The van der Waals surface area contributed by atoms with Crippen LogP contribution in [0.25, 0.3) is 0 Å². The van der Waals surface area contributed by atoms with Crippen LogP contribution in [0.3, 0.4) is 0 Å². The van der Waals surface area contributed by atoms with Gasteiger partial charge in [-0.25, -0.2) is 4.68 Å². The van der Waals surface area contributed by atoms with Gasteiger partial charge in [-0.2, -0.15) is 5.10 Å². The molecule has 2 rings (SSSR count). The zero-order valence-corrected chi connectivity index (χ0v) is 9.83. The molecule has 1 N–H and O–H groups in total. The predicted molar refractivity (Wildman–Crippen MR) is 66.1 cm³/mol. The van der Waals surface area contributed by atoms with E-state index in [9.17, 15) is 4.79 Å². The van der Waals surface area contributed by atoms with Gasteiger partial charge in [0.1, 0.15) is 0 Å². The second kappa shape index (κ2) is 4.94. The van der Waals surface area contributed by atoms with Crippen molar-refractivity contribution in [2.75, 3.05) is 12.4 Å². The Morgan fingerprint density at radius 1 is 1.56 bits per heavy atom. The molecule has 0 saturated carbocycles. The monoisotopic (exact) mass is 235 g/mol. The molecule has 4 nitrogen and oxygen atoms in total. The van der Waals surface area contributed by atoms with Crippen molar-refractivity contribution < 1.29 is 0 Å². The summed E-state index contributed by atoms with van der Waals surface area (Å²) in [7, 11) is 1.77. The Balaban J connectivity index is 2.07. The van der Waals surface area contributed by atoms with Gasteiger partial charge in [-0.15, -0.1) is 11.3 Å². The van der Waals surface area contributed by atoms with E-state index in [2.05, 4.69) is 16.5 Å². The van der Waals surface area contributed by atoms with Crippen molar-refractivity contribution in [3.8, 4) is 0 Å². The molecular formula is C11H13N3OS. The molecule has 0 aliphatic carbocycles. The maximum absolute atomic E-state index is 11.6. The number of aromatic nitrogens is 2. The van der Waals surface area contributed by atoms with E-state index in [1.165, 1.54) is 9.56 Å². The second-order valence-electron chi connectivity index (χ2n) is 3.38. The van der Waals surface area contributed by atoms with Gasteiger partial charge in [-0.1, -0.05) is 6.07 Å². The lowest BCUT2D eigenvalue weighted by atomic mass is 10.3. The molecule has 16 heavy (non-hydrogen) atoms. The molecule has 2 aromatic heterocycles. The highest BCUT2D eigenvalue weighted by Crippen LogP contribution is 2.09. The molecule has 0 fully saturated rings. The van der Waals surface area contributed by atoms with E-state index < -0.39 is 0 Å². The van der Waals surface area contributed by atoms with Crippen LogP contribution in [-0.2, 0) is 13.0 Å². The van der Waals surface area contributed by atoms with E-state index in [-0.39, 0.29) is 5.56 Å². The van der Waals surface area contributed by atoms with E-state index in [1.807, 2.05) is 11.4 Å². The fourth-order valence-electron chi connectivity index (χ4n) is 1.41. The quantitative estimate of drug-likeness (QED) is 0.875. The third-order valence-electron chi connectivity index (χ3n) is 2.31. The van der Waals surface area contributed by atoms with Gasteiger partial charge in [0, 0.05) is 31.0 Å². The Morgan fingerprint density at radius 2 is 2.44 bits per heavy atom. The number of anilines is 1. The predicted octanol–water partition coefficient (Wildman–Crippen LogP) is 1.59. The molecule has 0 radical (unpaired) electrons. The van der Waals surface area contributed by atoms with Crippen molar-refractivity contribution >= 4 is 17.0 Å². The number of rotatable bonds is 4. The molecule has 0 unspecified atom stereocenters. The van der Waals surface area contributed by atoms with Crippen molar-refractivity contribution in [3.05, 3.63) is 45.0 Å². The first-order chi connectivity index (χ1) is 7.79. The minimum Gasteiger partial charge on any atom is -0.387 e. The van der Waals surface area contributed by atoms with E-state index in [1.54, 1.807) is 30.6 Å². The molecule has 0 atom stereocenters. The van der Waals surface area contributed by atoms with Gasteiger partial charge >= 0.3 is 0 Å². The highest BCUT2D eigenvalue weighted by molar-refractivity contribution is 7.09. The SMILES string of the molecule is CNc1cnn(CCc2cccs2)c(=O)c1. The number of hydrogen-bond acceptors (Lipinski definition) is 4. The van der Waals surface area contributed by atoms with Crippen molar-refractivity contribution in [1.29, 1.82) is 0 Å². The van der Waals surface area contributed by atoms with E-state index in [0.717, 1.165) is 12.1 Å². The maximum atomic E-state index is 11.6. The topological polar surface area (TPSA) is 46.9 Å². The number of nitrogens with one attached hydrogen (secondary N) is 1. The summed E-state index contributed by atoms with van der Waals surface area (Å²) in [5.74, 6) is 0. The summed E-state index contributed by atoms with van der Waals surface area (Å²) in [5, 5.41) is 9.02. The van der Waals surface area contributed by atoms with Gasteiger partial charge in [0.05, 0.1) is 11.9 Å². The molecule has 0 saturated heterocycles. The maximum Gasteiger partial charge on any atom is 0.268 e. The highest BCUT2D eigenvalue weighted by atomic mass is 32.1. The van der Waals surface area contributed by atoms with Crippen LogP contribution in [0.2, 0.25) is 0 Å². The fraction of sp³-hybridized carbons (Fsp3) is 0.273. The zero-order valence-electron chi connectivity index (χ0n) is 9.01. The summed E-state index contributed by atoms with van der Waals surface area (Å²) < 4.78 is 1.49. The van der Waals surface area contributed by atoms with Crippen molar-refractivity contribution in [2.45, 2.75) is 13.0 Å². The van der Waals surface area contributed by atoms with Crippen LogP contribution < -0.4 is 10.9 Å². The average Bonchev–Trinajstić information content (AvgIpc) is 2.80. The standard InChI is InChI=1S/C11H13N3OS/c1-12-9-7-11(15)14(13-8-9)5-4-10-3-2-6-16-10/h2-3,6-8,12H,4-5H2,1H3. The molecule has 0 amide bonds. The highest BCUT2D eigenvalue weighted by Gasteiger charge is 2.00. The Morgan fingerprint density at radius 3 is 3.06 bits per heavy atom. The Hall–Kier alpha value is -1.62. The summed E-state index contributed by atoms with van der Waals surface area (Å²) >= 11 is 1.70. The molecule has 2 heterocycles. The van der Waals surface area contributed by atoms with Crippen LogP contribution in [0.1, 0.15) is 4.88 Å². The lowest BCUT2D eigenvalue weighted by molar-refractivity contribution is 0.581. The molecule has 0 aliphatic rings. The number of thiophene rings is 1. The molecule has 0 aromatic carbocycles. The minimum absolute atomic E-state index is 0.0663. The fourth-order valence-corrected chi connectivity index (χ4v) is 2.11. The number of aryl methyl sites for hydroxylation is 2. The van der Waals surface area contributed by atoms with Crippen LogP contribution in [0.4, 0.5) is 5.69 Å². The van der Waals surface area contributed by atoms with Crippen LogP contribution in [0, 0.1) is 0 Å². The largest absolute Gasteiger partial charge is 0.387 e. The lowest BCUT2D eigenvalue weighted by Gasteiger charge is -2.04. The van der Waals surface area contributed by atoms with Crippen LogP contribution in [-0.4, -0.2) is 16.8 Å². The van der Waals surface area contributed by atoms with Crippen molar-refractivity contribution in [1.82, 2.24) is 9.78 Å². The van der Waals surface area contributed by atoms with Gasteiger partial charge in [0.25, 0.3) is 5.56 Å². The Bertz CT molecular complexity index is 504. The average molecular weight is 235 g/mol.